The first-order valence-electron chi connectivity index (χ1n) is 5.71. The van der Waals surface area contributed by atoms with Gasteiger partial charge in [0.1, 0.15) is 0 Å². The van der Waals surface area contributed by atoms with Gasteiger partial charge in [0.25, 0.3) is 0 Å². The molecule has 2 nitrogen and oxygen atoms in total. The third kappa shape index (κ3) is 2.39. The van der Waals surface area contributed by atoms with Gasteiger partial charge in [-0.25, -0.2) is 0 Å². The fourth-order valence-electron chi connectivity index (χ4n) is 2.35. The van der Waals surface area contributed by atoms with E-state index in [0.717, 1.165) is 12.5 Å². The largest absolute Gasteiger partial charge is 0.395 e. The van der Waals surface area contributed by atoms with E-state index in [-0.39, 0.29) is 6.61 Å². The van der Waals surface area contributed by atoms with Gasteiger partial charge in [0.05, 0.1) is 6.61 Å². The van der Waals surface area contributed by atoms with Gasteiger partial charge < -0.3 is 10.4 Å². The maximum absolute atomic E-state index is 8.70. The average Bonchev–Trinajstić information content (AvgIpc) is 2.18. The van der Waals surface area contributed by atoms with Crippen LogP contribution in [-0.2, 0) is 0 Å². The lowest BCUT2D eigenvalue weighted by Gasteiger charge is -2.37. The number of aryl methyl sites for hydroxylation is 1. The molecule has 0 spiro atoms. The monoisotopic (exact) mass is 205 g/mol. The molecule has 2 heteroatoms. The quantitative estimate of drug-likeness (QED) is 0.786. The van der Waals surface area contributed by atoms with E-state index in [1.54, 1.807) is 0 Å². The maximum Gasteiger partial charge on any atom is 0.0556 e. The summed E-state index contributed by atoms with van der Waals surface area (Å²) in [7, 11) is 0. The summed E-state index contributed by atoms with van der Waals surface area (Å²) in [6.45, 7) is 3.15. The van der Waals surface area contributed by atoms with Crippen LogP contribution in [0.1, 0.15) is 29.9 Å². The van der Waals surface area contributed by atoms with Crippen molar-refractivity contribution in [2.75, 3.05) is 13.2 Å². The van der Waals surface area contributed by atoms with Crippen LogP contribution in [0, 0.1) is 6.92 Å². The van der Waals surface area contributed by atoms with Crippen molar-refractivity contribution < 1.29 is 5.11 Å². The molecule has 1 aliphatic carbocycles. The van der Waals surface area contributed by atoms with Gasteiger partial charge in [-0.15, -0.1) is 0 Å². The molecule has 1 aliphatic rings. The first kappa shape index (κ1) is 10.7. The van der Waals surface area contributed by atoms with Gasteiger partial charge in [0.2, 0.25) is 0 Å². The molecular weight excluding hydrogens is 186 g/mol. The van der Waals surface area contributed by atoms with Gasteiger partial charge in [-0.1, -0.05) is 24.3 Å². The van der Waals surface area contributed by atoms with Crippen molar-refractivity contribution in [3.63, 3.8) is 0 Å². The van der Waals surface area contributed by atoms with Crippen LogP contribution >= 0.6 is 0 Å². The Bertz CT molecular complexity index is 318. The highest BCUT2D eigenvalue weighted by Crippen LogP contribution is 2.37. The van der Waals surface area contributed by atoms with Crippen molar-refractivity contribution in [2.24, 2.45) is 0 Å². The second kappa shape index (κ2) is 4.77. The van der Waals surface area contributed by atoms with Gasteiger partial charge in [0.15, 0.2) is 0 Å². The number of nitrogens with one attached hydrogen (secondary N) is 1. The average molecular weight is 205 g/mol. The summed E-state index contributed by atoms with van der Waals surface area (Å²) < 4.78 is 0. The summed E-state index contributed by atoms with van der Waals surface area (Å²) in [5.74, 6) is 0.724. The summed E-state index contributed by atoms with van der Waals surface area (Å²) in [5.41, 5.74) is 2.91. The van der Waals surface area contributed by atoms with Crippen molar-refractivity contribution in [1.29, 1.82) is 0 Å². The van der Waals surface area contributed by atoms with Crippen molar-refractivity contribution in [1.82, 2.24) is 5.32 Å². The molecule has 1 fully saturated rings. The van der Waals surface area contributed by atoms with E-state index in [1.807, 2.05) is 0 Å². The van der Waals surface area contributed by atoms with Crippen molar-refractivity contribution in [2.45, 2.75) is 31.7 Å². The fraction of sp³-hybridized carbons (Fsp3) is 0.538. The number of rotatable bonds is 4. The van der Waals surface area contributed by atoms with Crippen molar-refractivity contribution >= 4 is 0 Å². The van der Waals surface area contributed by atoms with Crippen molar-refractivity contribution in [3.05, 3.63) is 35.4 Å². The summed E-state index contributed by atoms with van der Waals surface area (Å²) in [6, 6.07) is 9.25. The molecule has 1 aromatic rings. The number of hydrogen-bond donors (Lipinski definition) is 2. The van der Waals surface area contributed by atoms with Crippen LogP contribution in [0.15, 0.2) is 24.3 Å². The molecule has 0 aromatic heterocycles. The first-order chi connectivity index (χ1) is 7.31. The Morgan fingerprint density at radius 1 is 1.33 bits per heavy atom. The fourth-order valence-corrected chi connectivity index (χ4v) is 2.35. The molecule has 0 aliphatic heterocycles. The zero-order chi connectivity index (χ0) is 10.7. The van der Waals surface area contributed by atoms with E-state index >= 15 is 0 Å². The Morgan fingerprint density at radius 2 is 2.07 bits per heavy atom. The van der Waals surface area contributed by atoms with Crippen LogP contribution in [0.4, 0.5) is 0 Å². The zero-order valence-corrected chi connectivity index (χ0v) is 9.24. The molecule has 0 unspecified atom stereocenters. The Labute approximate surface area is 91.3 Å². The maximum atomic E-state index is 8.70. The molecule has 2 rings (SSSR count). The molecule has 0 amide bonds. The second-order valence-electron chi connectivity index (χ2n) is 4.40. The summed E-state index contributed by atoms with van der Waals surface area (Å²) in [4.78, 5) is 0. The Hall–Kier alpha value is -0.860. The summed E-state index contributed by atoms with van der Waals surface area (Å²) in [6.07, 6.45) is 2.43. The van der Waals surface area contributed by atoms with E-state index in [4.69, 9.17) is 5.11 Å². The first-order valence-corrected chi connectivity index (χ1v) is 5.71. The topological polar surface area (TPSA) is 32.3 Å². The predicted molar refractivity (Wildman–Crippen MR) is 62.0 cm³/mol. The van der Waals surface area contributed by atoms with Crippen LogP contribution in [-0.4, -0.2) is 24.3 Å². The van der Waals surface area contributed by atoms with Gasteiger partial charge in [0, 0.05) is 12.6 Å². The lowest BCUT2D eigenvalue weighted by Crippen LogP contribution is -2.41. The Morgan fingerprint density at radius 3 is 2.73 bits per heavy atom. The van der Waals surface area contributed by atoms with Gasteiger partial charge in [-0.05, 0) is 36.8 Å². The Kier molecular flexibility index (Phi) is 3.39. The summed E-state index contributed by atoms with van der Waals surface area (Å²) in [5, 5.41) is 12.0. The van der Waals surface area contributed by atoms with Gasteiger partial charge >= 0.3 is 0 Å². The van der Waals surface area contributed by atoms with Crippen LogP contribution in [0.3, 0.4) is 0 Å². The third-order valence-electron chi connectivity index (χ3n) is 3.31. The number of hydrogen-bond acceptors (Lipinski definition) is 2. The van der Waals surface area contributed by atoms with E-state index < -0.39 is 0 Å². The molecule has 0 bridgehead atoms. The molecule has 0 heterocycles. The normalized spacial score (nSPS) is 24.9. The SMILES string of the molecule is Cc1ccccc1C1CC(NCCO)C1. The van der Waals surface area contributed by atoms with E-state index in [0.29, 0.717) is 6.04 Å². The minimum Gasteiger partial charge on any atom is -0.395 e. The molecule has 82 valence electrons. The second-order valence-corrected chi connectivity index (χ2v) is 4.40. The van der Waals surface area contributed by atoms with Crippen LogP contribution in [0.2, 0.25) is 0 Å². The number of aliphatic hydroxyl groups is 1. The molecule has 1 aromatic carbocycles. The lowest BCUT2D eigenvalue weighted by atomic mass is 9.74. The van der Waals surface area contributed by atoms with Crippen molar-refractivity contribution in [3.8, 4) is 0 Å². The van der Waals surface area contributed by atoms with Gasteiger partial charge in [-0.2, -0.15) is 0 Å². The highest BCUT2D eigenvalue weighted by atomic mass is 16.3. The molecular formula is C13H19NO. The smallest absolute Gasteiger partial charge is 0.0556 e. The lowest BCUT2D eigenvalue weighted by molar-refractivity contribution is 0.243. The van der Waals surface area contributed by atoms with E-state index in [2.05, 4.69) is 36.5 Å². The molecule has 2 N–H and O–H groups in total. The molecule has 0 atom stereocenters. The molecule has 1 saturated carbocycles. The van der Waals surface area contributed by atoms with E-state index in [1.165, 1.54) is 24.0 Å². The standard InChI is InChI=1S/C13H19NO/c1-10-4-2-3-5-13(10)11-8-12(9-11)14-6-7-15/h2-5,11-12,14-15H,6-9H2,1H3. The van der Waals surface area contributed by atoms with Crippen LogP contribution in [0.25, 0.3) is 0 Å². The highest BCUT2D eigenvalue weighted by Gasteiger charge is 2.30. The van der Waals surface area contributed by atoms with Crippen LogP contribution < -0.4 is 5.32 Å². The highest BCUT2D eigenvalue weighted by molar-refractivity contribution is 5.31. The molecule has 0 radical (unpaired) electrons. The molecule has 0 saturated heterocycles. The Balaban J connectivity index is 1.87. The molecule has 15 heavy (non-hydrogen) atoms. The van der Waals surface area contributed by atoms with Crippen LogP contribution in [0.5, 0.6) is 0 Å². The zero-order valence-electron chi connectivity index (χ0n) is 9.24. The summed E-state index contributed by atoms with van der Waals surface area (Å²) >= 11 is 0. The predicted octanol–water partition coefficient (Wildman–Crippen LogP) is 1.82. The van der Waals surface area contributed by atoms with Gasteiger partial charge in [-0.3, -0.25) is 0 Å². The van der Waals surface area contributed by atoms with E-state index in [9.17, 15) is 0 Å². The number of benzene rings is 1. The minimum absolute atomic E-state index is 0.242. The third-order valence-corrected chi connectivity index (χ3v) is 3.31. The number of aliphatic hydroxyl groups excluding tert-OH is 1. The minimum atomic E-state index is 0.242.